The molecule has 0 fully saturated rings. The first-order valence-electron chi connectivity index (χ1n) is 5.29. The topological polar surface area (TPSA) is 12.5 Å². The van der Waals surface area contributed by atoms with Crippen LogP contribution in [-0.2, 0) is 6.54 Å². The number of thiophene rings is 1. The maximum Gasteiger partial charge on any atom is 0.142 e. The number of nitrogens with zero attached hydrogens (tertiary/aromatic N) is 1. The maximum atomic E-state index is 5.36. The number of methoxy groups -OCH3 is 1. The summed E-state index contributed by atoms with van der Waals surface area (Å²) in [5.74, 6) is 0.908. The lowest BCUT2D eigenvalue weighted by atomic mass is 10.2. The zero-order chi connectivity index (χ0) is 12.3. The summed E-state index contributed by atoms with van der Waals surface area (Å²) in [5, 5.41) is 0. The molecule has 17 heavy (non-hydrogen) atoms. The standard InChI is InChI=1S/C13H14BrNOS/c1-15(9-10-7-8-13(14)17-10)11-5-3-4-6-12(11)16-2/h3-8H,9H2,1-2H3. The van der Waals surface area contributed by atoms with Gasteiger partial charge in [0.2, 0.25) is 0 Å². The second kappa shape index (κ2) is 5.56. The number of hydrogen-bond acceptors (Lipinski definition) is 3. The Balaban J connectivity index is 2.16. The van der Waals surface area contributed by atoms with E-state index in [2.05, 4.69) is 46.1 Å². The molecule has 0 aliphatic carbocycles. The van der Waals surface area contributed by atoms with Crippen LogP contribution in [0.5, 0.6) is 5.75 Å². The van der Waals surface area contributed by atoms with E-state index in [0.717, 1.165) is 18.0 Å². The Labute approximate surface area is 114 Å². The lowest BCUT2D eigenvalue weighted by Crippen LogP contribution is -2.16. The van der Waals surface area contributed by atoms with Crippen LogP contribution in [-0.4, -0.2) is 14.2 Å². The molecule has 1 heterocycles. The molecule has 0 amide bonds. The number of anilines is 1. The quantitative estimate of drug-likeness (QED) is 0.841. The van der Waals surface area contributed by atoms with Gasteiger partial charge in [0.15, 0.2) is 0 Å². The first-order chi connectivity index (χ1) is 8.20. The molecule has 4 heteroatoms. The van der Waals surface area contributed by atoms with Gasteiger partial charge in [-0.1, -0.05) is 12.1 Å². The van der Waals surface area contributed by atoms with Crippen molar-refractivity contribution in [3.63, 3.8) is 0 Å². The molecule has 0 unspecified atom stereocenters. The molecular formula is C13H14BrNOS. The smallest absolute Gasteiger partial charge is 0.142 e. The van der Waals surface area contributed by atoms with Crippen molar-refractivity contribution < 1.29 is 4.74 Å². The molecule has 0 atom stereocenters. The van der Waals surface area contributed by atoms with E-state index in [1.165, 1.54) is 8.66 Å². The van der Waals surface area contributed by atoms with Crippen LogP contribution < -0.4 is 9.64 Å². The summed E-state index contributed by atoms with van der Waals surface area (Å²) in [6.45, 7) is 0.886. The Morgan fingerprint density at radius 1 is 1.24 bits per heavy atom. The molecule has 0 spiro atoms. The van der Waals surface area contributed by atoms with Crippen molar-refractivity contribution in [3.8, 4) is 5.75 Å². The Morgan fingerprint density at radius 3 is 2.65 bits per heavy atom. The molecule has 0 saturated carbocycles. The van der Waals surface area contributed by atoms with Gasteiger partial charge in [0.25, 0.3) is 0 Å². The van der Waals surface area contributed by atoms with Crippen LogP contribution in [0.15, 0.2) is 40.2 Å². The van der Waals surface area contributed by atoms with Gasteiger partial charge < -0.3 is 9.64 Å². The van der Waals surface area contributed by atoms with Gasteiger partial charge in [-0.2, -0.15) is 0 Å². The third kappa shape index (κ3) is 3.01. The van der Waals surface area contributed by atoms with E-state index in [1.807, 2.05) is 18.2 Å². The van der Waals surface area contributed by atoms with Crippen LogP contribution in [0.2, 0.25) is 0 Å². The predicted octanol–water partition coefficient (Wildman–Crippen LogP) is 4.16. The van der Waals surface area contributed by atoms with Gasteiger partial charge in [0.1, 0.15) is 5.75 Å². The van der Waals surface area contributed by atoms with Crippen molar-refractivity contribution in [1.29, 1.82) is 0 Å². The number of halogens is 1. The summed E-state index contributed by atoms with van der Waals surface area (Å²) >= 11 is 5.24. The molecule has 0 aliphatic rings. The summed E-state index contributed by atoms with van der Waals surface area (Å²) in [6.07, 6.45) is 0. The van der Waals surface area contributed by atoms with Crippen molar-refractivity contribution >= 4 is 33.0 Å². The van der Waals surface area contributed by atoms with Crippen molar-refractivity contribution in [2.45, 2.75) is 6.54 Å². The highest BCUT2D eigenvalue weighted by atomic mass is 79.9. The maximum absolute atomic E-state index is 5.36. The van der Waals surface area contributed by atoms with Crippen molar-refractivity contribution in [1.82, 2.24) is 0 Å². The normalized spacial score (nSPS) is 10.3. The minimum atomic E-state index is 0.886. The van der Waals surface area contributed by atoms with E-state index in [1.54, 1.807) is 18.4 Å². The van der Waals surface area contributed by atoms with Crippen LogP contribution in [0.4, 0.5) is 5.69 Å². The summed E-state index contributed by atoms with van der Waals surface area (Å²) in [5.41, 5.74) is 1.11. The van der Waals surface area contributed by atoms with E-state index in [9.17, 15) is 0 Å². The molecule has 0 saturated heterocycles. The van der Waals surface area contributed by atoms with Crippen molar-refractivity contribution in [2.24, 2.45) is 0 Å². The third-order valence-electron chi connectivity index (χ3n) is 2.52. The van der Waals surface area contributed by atoms with Crippen molar-refractivity contribution in [3.05, 3.63) is 45.1 Å². The molecule has 0 aliphatic heterocycles. The van der Waals surface area contributed by atoms with E-state index in [0.29, 0.717) is 0 Å². The highest BCUT2D eigenvalue weighted by molar-refractivity contribution is 9.11. The molecule has 2 rings (SSSR count). The van der Waals surface area contributed by atoms with Crippen molar-refractivity contribution in [2.75, 3.05) is 19.1 Å². The molecule has 2 nitrogen and oxygen atoms in total. The largest absolute Gasteiger partial charge is 0.495 e. The fraction of sp³-hybridized carbons (Fsp3) is 0.231. The number of ether oxygens (including phenoxy) is 1. The number of hydrogen-bond donors (Lipinski definition) is 0. The van der Waals surface area contributed by atoms with Crippen LogP contribution in [0, 0.1) is 0 Å². The lowest BCUT2D eigenvalue weighted by molar-refractivity contribution is 0.415. The molecule has 1 aromatic carbocycles. The van der Waals surface area contributed by atoms with E-state index in [-0.39, 0.29) is 0 Å². The summed E-state index contributed by atoms with van der Waals surface area (Å²) in [6, 6.07) is 12.3. The second-order valence-electron chi connectivity index (χ2n) is 3.73. The van der Waals surface area contributed by atoms with Gasteiger partial charge in [-0.3, -0.25) is 0 Å². The Hall–Kier alpha value is -1.000. The molecule has 90 valence electrons. The molecule has 0 bridgehead atoms. The Bertz CT molecular complexity index is 498. The third-order valence-corrected chi connectivity index (χ3v) is 4.13. The summed E-state index contributed by atoms with van der Waals surface area (Å²) in [4.78, 5) is 3.52. The fourth-order valence-electron chi connectivity index (χ4n) is 1.70. The van der Waals surface area contributed by atoms with Gasteiger partial charge in [-0.25, -0.2) is 0 Å². The van der Waals surface area contributed by atoms with Crippen LogP contribution >= 0.6 is 27.3 Å². The average Bonchev–Trinajstić information content (AvgIpc) is 2.74. The first-order valence-corrected chi connectivity index (χ1v) is 6.90. The SMILES string of the molecule is COc1ccccc1N(C)Cc1ccc(Br)s1. The fourth-order valence-corrected chi connectivity index (χ4v) is 3.24. The first kappa shape index (κ1) is 12.5. The molecule has 0 radical (unpaired) electrons. The lowest BCUT2D eigenvalue weighted by Gasteiger charge is -2.20. The minimum absolute atomic E-state index is 0.886. The van der Waals surface area contributed by atoms with Gasteiger partial charge in [-0.05, 0) is 40.2 Å². The van der Waals surface area contributed by atoms with Gasteiger partial charge >= 0.3 is 0 Å². The predicted molar refractivity (Wildman–Crippen MR) is 77.1 cm³/mol. The van der Waals surface area contributed by atoms with Crippen LogP contribution in [0.25, 0.3) is 0 Å². The molecular weight excluding hydrogens is 298 g/mol. The van der Waals surface area contributed by atoms with Gasteiger partial charge in [-0.15, -0.1) is 11.3 Å². The second-order valence-corrected chi connectivity index (χ2v) is 6.28. The van der Waals surface area contributed by atoms with E-state index >= 15 is 0 Å². The summed E-state index contributed by atoms with van der Waals surface area (Å²) < 4.78 is 6.53. The van der Waals surface area contributed by atoms with Crippen LogP contribution in [0.3, 0.4) is 0 Å². The highest BCUT2D eigenvalue weighted by Crippen LogP contribution is 2.29. The number of para-hydroxylation sites is 2. The van der Waals surface area contributed by atoms with Gasteiger partial charge in [0.05, 0.1) is 23.1 Å². The van der Waals surface area contributed by atoms with E-state index in [4.69, 9.17) is 4.74 Å². The number of rotatable bonds is 4. The zero-order valence-corrected chi connectivity index (χ0v) is 12.2. The van der Waals surface area contributed by atoms with E-state index < -0.39 is 0 Å². The highest BCUT2D eigenvalue weighted by Gasteiger charge is 2.08. The average molecular weight is 312 g/mol. The Morgan fingerprint density at radius 2 is 2.00 bits per heavy atom. The monoisotopic (exact) mass is 311 g/mol. The van der Waals surface area contributed by atoms with Gasteiger partial charge in [0, 0.05) is 11.9 Å². The molecule has 0 N–H and O–H groups in total. The zero-order valence-electron chi connectivity index (χ0n) is 9.81. The number of benzene rings is 1. The summed E-state index contributed by atoms with van der Waals surface area (Å²) in [7, 11) is 3.78. The van der Waals surface area contributed by atoms with Crippen LogP contribution in [0.1, 0.15) is 4.88 Å². The minimum Gasteiger partial charge on any atom is -0.495 e. The molecule has 1 aromatic heterocycles. The Kier molecular flexibility index (Phi) is 4.07. The molecule has 2 aromatic rings.